The molecule has 20 heavy (non-hydrogen) atoms. The normalized spacial score (nSPS) is 11.1. The third-order valence-electron chi connectivity index (χ3n) is 3.41. The minimum Gasteiger partial charge on any atom is -0.496 e. The minimum absolute atomic E-state index is 0.538. The second kappa shape index (κ2) is 5.57. The topological polar surface area (TPSA) is 53.1 Å². The fourth-order valence-corrected chi connectivity index (χ4v) is 2.42. The zero-order valence-corrected chi connectivity index (χ0v) is 12.9. The van der Waals surface area contributed by atoms with Crippen LogP contribution >= 0.6 is 0 Å². The maximum atomic E-state index is 6.27. The lowest BCUT2D eigenvalue weighted by atomic mass is 10.1. The number of nitrogens with zero attached hydrogens (tertiary/aromatic N) is 2. The second-order valence-corrected chi connectivity index (χ2v) is 5.58. The Hall–Kier alpha value is -1.97. The van der Waals surface area contributed by atoms with E-state index in [1.807, 2.05) is 26.0 Å². The van der Waals surface area contributed by atoms with Crippen LogP contribution in [-0.4, -0.2) is 16.7 Å². The van der Waals surface area contributed by atoms with Crippen molar-refractivity contribution in [3.8, 4) is 17.0 Å². The molecule has 0 bridgehead atoms. The highest BCUT2D eigenvalue weighted by molar-refractivity contribution is 5.72. The third kappa shape index (κ3) is 2.64. The lowest BCUT2D eigenvalue weighted by Crippen LogP contribution is -2.09. The van der Waals surface area contributed by atoms with Crippen LogP contribution in [-0.2, 0) is 6.54 Å². The van der Waals surface area contributed by atoms with Crippen molar-refractivity contribution in [2.75, 3.05) is 12.8 Å². The molecule has 1 heterocycles. The van der Waals surface area contributed by atoms with Crippen LogP contribution in [0.25, 0.3) is 11.3 Å². The molecule has 108 valence electrons. The quantitative estimate of drug-likeness (QED) is 0.928. The molecule has 0 saturated carbocycles. The van der Waals surface area contributed by atoms with Gasteiger partial charge in [-0.05, 0) is 43.5 Å². The van der Waals surface area contributed by atoms with Gasteiger partial charge in [0.1, 0.15) is 23.1 Å². The first-order valence-corrected chi connectivity index (χ1v) is 6.91. The molecule has 0 aliphatic carbocycles. The maximum absolute atomic E-state index is 6.27. The molecule has 1 aromatic carbocycles. The number of nitrogens with two attached hydrogens (primary N) is 1. The molecule has 0 radical (unpaired) electrons. The number of rotatable bonds is 4. The summed E-state index contributed by atoms with van der Waals surface area (Å²) in [6, 6.07) is 6.03. The van der Waals surface area contributed by atoms with Crippen LogP contribution in [0, 0.1) is 19.8 Å². The average Bonchev–Trinajstić information content (AvgIpc) is 2.66. The molecular weight excluding hydrogens is 250 g/mol. The first-order valence-electron chi connectivity index (χ1n) is 6.91. The van der Waals surface area contributed by atoms with E-state index in [4.69, 9.17) is 10.5 Å². The van der Waals surface area contributed by atoms with Crippen LogP contribution in [0.15, 0.2) is 18.2 Å². The summed E-state index contributed by atoms with van der Waals surface area (Å²) in [5, 5.41) is 0. The Morgan fingerprint density at radius 1 is 1.30 bits per heavy atom. The van der Waals surface area contributed by atoms with Crippen LogP contribution in [0.3, 0.4) is 0 Å². The van der Waals surface area contributed by atoms with Gasteiger partial charge in [0.05, 0.1) is 7.11 Å². The van der Waals surface area contributed by atoms with Crippen LogP contribution < -0.4 is 10.5 Å². The molecule has 1 aromatic heterocycles. The van der Waals surface area contributed by atoms with Crippen LogP contribution in [0.5, 0.6) is 5.75 Å². The molecule has 0 fully saturated rings. The van der Waals surface area contributed by atoms with E-state index in [0.29, 0.717) is 5.92 Å². The number of aromatic nitrogens is 2. The Balaban J connectivity index is 2.45. The fraction of sp³-hybridized carbons (Fsp3) is 0.438. The number of nitrogen functional groups attached to an aromatic ring is 1. The van der Waals surface area contributed by atoms with E-state index in [9.17, 15) is 0 Å². The van der Waals surface area contributed by atoms with Gasteiger partial charge in [-0.15, -0.1) is 0 Å². The summed E-state index contributed by atoms with van der Waals surface area (Å²) in [6.45, 7) is 9.26. The van der Waals surface area contributed by atoms with E-state index in [1.165, 1.54) is 0 Å². The molecule has 2 N–H and O–H groups in total. The van der Waals surface area contributed by atoms with Gasteiger partial charge >= 0.3 is 0 Å². The summed E-state index contributed by atoms with van der Waals surface area (Å²) in [7, 11) is 1.68. The standard InChI is InChI=1S/C16H23N3O/c1-10(2)9-19-12(4)18-15(16(19)17)13-6-7-14(20-5)11(3)8-13/h6-8,10H,9,17H2,1-5H3. The number of anilines is 1. The molecule has 4 nitrogen and oxygen atoms in total. The molecule has 0 amide bonds. The van der Waals surface area contributed by atoms with Gasteiger partial charge in [-0.2, -0.15) is 0 Å². The van der Waals surface area contributed by atoms with E-state index in [0.717, 1.165) is 40.8 Å². The number of benzene rings is 1. The van der Waals surface area contributed by atoms with Gasteiger partial charge < -0.3 is 15.0 Å². The first-order chi connectivity index (χ1) is 9.43. The lowest BCUT2D eigenvalue weighted by Gasteiger charge is -2.10. The Morgan fingerprint density at radius 3 is 2.55 bits per heavy atom. The number of ether oxygens (including phenoxy) is 1. The van der Waals surface area contributed by atoms with Crippen molar-refractivity contribution < 1.29 is 4.74 Å². The highest BCUT2D eigenvalue weighted by Gasteiger charge is 2.15. The number of imidazole rings is 1. The highest BCUT2D eigenvalue weighted by Crippen LogP contribution is 2.30. The SMILES string of the molecule is COc1ccc(-c2nc(C)n(CC(C)C)c2N)cc1C. The Labute approximate surface area is 120 Å². The van der Waals surface area contributed by atoms with E-state index < -0.39 is 0 Å². The minimum atomic E-state index is 0.538. The van der Waals surface area contributed by atoms with E-state index in [-0.39, 0.29) is 0 Å². The van der Waals surface area contributed by atoms with E-state index in [1.54, 1.807) is 7.11 Å². The Morgan fingerprint density at radius 2 is 2.00 bits per heavy atom. The van der Waals surface area contributed by atoms with Crippen molar-refractivity contribution in [2.45, 2.75) is 34.2 Å². The number of hydrogen-bond donors (Lipinski definition) is 1. The Bertz CT molecular complexity index is 614. The lowest BCUT2D eigenvalue weighted by molar-refractivity contribution is 0.412. The second-order valence-electron chi connectivity index (χ2n) is 5.58. The summed E-state index contributed by atoms with van der Waals surface area (Å²) in [5.41, 5.74) is 9.25. The zero-order chi connectivity index (χ0) is 14.9. The molecule has 0 aliphatic rings. The number of methoxy groups -OCH3 is 1. The fourth-order valence-electron chi connectivity index (χ4n) is 2.42. The first kappa shape index (κ1) is 14.4. The highest BCUT2D eigenvalue weighted by atomic mass is 16.5. The number of hydrogen-bond acceptors (Lipinski definition) is 3. The molecule has 2 aromatic rings. The van der Waals surface area contributed by atoms with Crippen molar-refractivity contribution in [1.29, 1.82) is 0 Å². The number of aryl methyl sites for hydroxylation is 2. The van der Waals surface area contributed by atoms with Gasteiger partial charge in [0.2, 0.25) is 0 Å². The molecule has 0 unspecified atom stereocenters. The van der Waals surface area contributed by atoms with Gasteiger partial charge in [-0.3, -0.25) is 0 Å². The maximum Gasteiger partial charge on any atom is 0.131 e. The summed E-state index contributed by atoms with van der Waals surface area (Å²) < 4.78 is 7.37. The smallest absolute Gasteiger partial charge is 0.131 e. The van der Waals surface area contributed by atoms with Crippen molar-refractivity contribution in [1.82, 2.24) is 9.55 Å². The van der Waals surface area contributed by atoms with Gasteiger partial charge in [0, 0.05) is 12.1 Å². The molecule has 0 aliphatic heterocycles. The molecular formula is C16H23N3O. The van der Waals surface area contributed by atoms with E-state index >= 15 is 0 Å². The molecule has 2 rings (SSSR count). The van der Waals surface area contributed by atoms with Crippen LogP contribution in [0.4, 0.5) is 5.82 Å². The molecule has 4 heteroatoms. The van der Waals surface area contributed by atoms with Crippen molar-refractivity contribution >= 4 is 5.82 Å². The van der Waals surface area contributed by atoms with Gasteiger partial charge in [0.15, 0.2) is 0 Å². The van der Waals surface area contributed by atoms with Gasteiger partial charge in [0.25, 0.3) is 0 Å². The molecule has 0 atom stereocenters. The van der Waals surface area contributed by atoms with E-state index in [2.05, 4.69) is 29.5 Å². The predicted molar refractivity (Wildman–Crippen MR) is 82.9 cm³/mol. The third-order valence-corrected chi connectivity index (χ3v) is 3.41. The van der Waals surface area contributed by atoms with Crippen molar-refractivity contribution in [3.05, 3.63) is 29.6 Å². The summed E-state index contributed by atoms with van der Waals surface area (Å²) in [4.78, 5) is 4.63. The van der Waals surface area contributed by atoms with Crippen molar-refractivity contribution in [3.63, 3.8) is 0 Å². The average molecular weight is 273 g/mol. The summed E-state index contributed by atoms with van der Waals surface area (Å²) in [6.07, 6.45) is 0. The zero-order valence-electron chi connectivity index (χ0n) is 12.9. The molecule has 0 saturated heterocycles. The van der Waals surface area contributed by atoms with Gasteiger partial charge in [-0.25, -0.2) is 4.98 Å². The summed E-state index contributed by atoms with van der Waals surface area (Å²) >= 11 is 0. The Kier molecular flexibility index (Phi) is 4.02. The van der Waals surface area contributed by atoms with Crippen LogP contribution in [0.1, 0.15) is 25.2 Å². The van der Waals surface area contributed by atoms with Crippen molar-refractivity contribution in [2.24, 2.45) is 5.92 Å². The monoisotopic (exact) mass is 273 g/mol. The van der Waals surface area contributed by atoms with Crippen LogP contribution in [0.2, 0.25) is 0 Å². The molecule has 0 spiro atoms. The largest absolute Gasteiger partial charge is 0.496 e. The summed E-state index contributed by atoms with van der Waals surface area (Å²) in [5.74, 6) is 3.11. The van der Waals surface area contributed by atoms with Gasteiger partial charge in [-0.1, -0.05) is 13.8 Å². The predicted octanol–water partition coefficient (Wildman–Crippen LogP) is 3.41.